The first-order valence-corrected chi connectivity index (χ1v) is 6.54. The van der Waals surface area contributed by atoms with E-state index in [1.54, 1.807) is 7.11 Å². The third-order valence-corrected chi connectivity index (χ3v) is 3.09. The van der Waals surface area contributed by atoms with Crippen LogP contribution < -0.4 is 5.32 Å². The number of methoxy groups -OCH3 is 1. The van der Waals surface area contributed by atoms with E-state index in [0.29, 0.717) is 0 Å². The van der Waals surface area contributed by atoms with E-state index < -0.39 is 0 Å². The minimum absolute atomic E-state index is 0.0843. The van der Waals surface area contributed by atoms with E-state index in [4.69, 9.17) is 4.74 Å². The van der Waals surface area contributed by atoms with Crippen LogP contribution in [0.4, 0.5) is 0 Å². The molecule has 0 fully saturated rings. The minimum atomic E-state index is -0.0843. The molecule has 0 atom stereocenters. The molecule has 0 radical (unpaired) electrons. The highest BCUT2D eigenvalue weighted by molar-refractivity contribution is 4.93. The van der Waals surface area contributed by atoms with E-state index in [0.717, 1.165) is 25.3 Å². The van der Waals surface area contributed by atoms with Gasteiger partial charge in [-0.2, -0.15) is 0 Å². The zero-order valence-electron chi connectivity index (χ0n) is 12.6. The van der Waals surface area contributed by atoms with Crippen LogP contribution in [0, 0.1) is 0 Å². The molecule has 0 bridgehead atoms. The summed E-state index contributed by atoms with van der Waals surface area (Å²) in [6.07, 6.45) is 4.87. The lowest BCUT2D eigenvalue weighted by molar-refractivity contribution is 0.0118. The van der Waals surface area contributed by atoms with Gasteiger partial charge in [-0.25, -0.2) is 4.98 Å². The minimum Gasteiger partial charge on any atom is -0.379 e. The van der Waals surface area contributed by atoms with E-state index in [1.807, 2.05) is 12.4 Å². The molecule has 0 saturated heterocycles. The number of hydrogen-bond acceptors (Lipinski definition) is 3. The van der Waals surface area contributed by atoms with Crippen LogP contribution in [0.2, 0.25) is 0 Å². The van der Waals surface area contributed by atoms with Gasteiger partial charge in [0, 0.05) is 31.6 Å². The maximum atomic E-state index is 5.44. The molecule has 1 heterocycles. The third-order valence-electron chi connectivity index (χ3n) is 3.09. The Labute approximate surface area is 111 Å². The van der Waals surface area contributed by atoms with Crippen molar-refractivity contribution in [1.82, 2.24) is 14.9 Å². The van der Waals surface area contributed by atoms with E-state index in [9.17, 15) is 0 Å². The predicted molar refractivity (Wildman–Crippen MR) is 74.5 cm³/mol. The zero-order valence-corrected chi connectivity index (χ0v) is 12.6. The van der Waals surface area contributed by atoms with Gasteiger partial charge in [-0.15, -0.1) is 0 Å². The fraction of sp³-hybridized carbons (Fsp3) is 0.786. The highest BCUT2D eigenvalue weighted by Crippen LogP contribution is 2.15. The summed E-state index contributed by atoms with van der Waals surface area (Å²) in [5, 5.41) is 3.46. The van der Waals surface area contributed by atoms with Gasteiger partial charge in [0.05, 0.1) is 12.1 Å². The van der Waals surface area contributed by atoms with Gasteiger partial charge in [0.1, 0.15) is 5.82 Å². The number of rotatable bonds is 6. The summed E-state index contributed by atoms with van der Waals surface area (Å²) < 4.78 is 7.63. The number of hydrogen-bond donors (Lipinski definition) is 1. The fourth-order valence-corrected chi connectivity index (χ4v) is 1.55. The van der Waals surface area contributed by atoms with Gasteiger partial charge in [-0.05, 0) is 41.0 Å². The molecule has 0 aliphatic carbocycles. The normalized spacial score (nSPS) is 13.0. The van der Waals surface area contributed by atoms with E-state index in [-0.39, 0.29) is 11.1 Å². The van der Waals surface area contributed by atoms with Crippen molar-refractivity contribution in [3.8, 4) is 0 Å². The Morgan fingerprint density at radius 1 is 1.28 bits per heavy atom. The number of nitrogens with zero attached hydrogens (tertiary/aromatic N) is 2. The monoisotopic (exact) mass is 253 g/mol. The lowest BCUT2D eigenvalue weighted by Crippen LogP contribution is -2.36. The lowest BCUT2D eigenvalue weighted by Gasteiger charge is -2.24. The third kappa shape index (κ3) is 5.19. The molecule has 0 aliphatic rings. The van der Waals surface area contributed by atoms with Crippen molar-refractivity contribution in [1.29, 1.82) is 0 Å². The van der Waals surface area contributed by atoms with Crippen LogP contribution >= 0.6 is 0 Å². The molecule has 0 aliphatic heterocycles. The van der Waals surface area contributed by atoms with Crippen LogP contribution in [0.1, 0.15) is 46.9 Å². The standard InChI is InChI=1S/C14H27N3O/c1-13(2,3)16-11-12-15-8-10-17(12)9-7-14(4,5)18-6/h8,10,16H,7,9,11H2,1-6H3. The van der Waals surface area contributed by atoms with Crippen LogP contribution in [-0.2, 0) is 17.8 Å². The fourth-order valence-electron chi connectivity index (χ4n) is 1.55. The Morgan fingerprint density at radius 3 is 2.50 bits per heavy atom. The molecule has 0 aromatic carbocycles. The number of nitrogens with one attached hydrogen (secondary N) is 1. The molecule has 4 heteroatoms. The van der Waals surface area contributed by atoms with Gasteiger partial charge >= 0.3 is 0 Å². The molecule has 4 nitrogen and oxygen atoms in total. The van der Waals surface area contributed by atoms with Crippen molar-refractivity contribution in [3.05, 3.63) is 18.2 Å². The summed E-state index contributed by atoms with van der Waals surface area (Å²) in [5.41, 5.74) is 0.0293. The van der Waals surface area contributed by atoms with E-state index >= 15 is 0 Å². The molecule has 18 heavy (non-hydrogen) atoms. The highest BCUT2D eigenvalue weighted by atomic mass is 16.5. The summed E-state index contributed by atoms with van der Waals surface area (Å²) in [5.74, 6) is 1.08. The molecular weight excluding hydrogens is 226 g/mol. The molecule has 0 amide bonds. The highest BCUT2D eigenvalue weighted by Gasteiger charge is 2.17. The zero-order chi connectivity index (χ0) is 13.8. The van der Waals surface area contributed by atoms with Crippen LogP contribution in [0.25, 0.3) is 0 Å². The molecule has 104 valence electrons. The van der Waals surface area contributed by atoms with Crippen molar-refractivity contribution >= 4 is 0 Å². The van der Waals surface area contributed by atoms with Crippen molar-refractivity contribution in [2.45, 2.75) is 65.3 Å². The Hall–Kier alpha value is -0.870. The molecule has 1 aromatic rings. The van der Waals surface area contributed by atoms with E-state index in [1.165, 1.54) is 0 Å². The van der Waals surface area contributed by atoms with Gasteiger partial charge in [0.2, 0.25) is 0 Å². The molecule has 0 spiro atoms. The number of ether oxygens (including phenoxy) is 1. The van der Waals surface area contributed by atoms with Gasteiger partial charge in [0.25, 0.3) is 0 Å². The maximum Gasteiger partial charge on any atom is 0.122 e. The molecule has 1 rings (SSSR count). The topological polar surface area (TPSA) is 39.1 Å². The molecular formula is C14H27N3O. The smallest absolute Gasteiger partial charge is 0.122 e. The SMILES string of the molecule is COC(C)(C)CCn1ccnc1CNC(C)(C)C. The summed E-state index contributed by atoms with van der Waals surface area (Å²) in [6, 6.07) is 0. The van der Waals surface area contributed by atoms with Gasteiger partial charge in [-0.3, -0.25) is 0 Å². The largest absolute Gasteiger partial charge is 0.379 e. The van der Waals surface area contributed by atoms with Crippen LogP contribution in [0.15, 0.2) is 12.4 Å². The first-order valence-electron chi connectivity index (χ1n) is 6.54. The van der Waals surface area contributed by atoms with Crippen LogP contribution in [-0.4, -0.2) is 27.8 Å². The van der Waals surface area contributed by atoms with Crippen LogP contribution in [0.5, 0.6) is 0 Å². The second kappa shape index (κ2) is 5.85. The summed E-state index contributed by atoms with van der Waals surface area (Å²) >= 11 is 0. The first-order chi connectivity index (χ1) is 8.23. The van der Waals surface area contributed by atoms with Gasteiger partial charge in [0.15, 0.2) is 0 Å². The predicted octanol–water partition coefficient (Wildman–Crippen LogP) is 2.59. The Kier molecular flexibility index (Phi) is 4.93. The number of aromatic nitrogens is 2. The maximum absolute atomic E-state index is 5.44. The molecule has 0 saturated carbocycles. The summed E-state index contributed by atoms with van der Waals surface area (Å²) in [4.78, 5) is 4.41. The van der Waals surface area contributed by atoms with Crippen molar-refractivity contribution in [3.63, 3.8) is 0 Å². The Morgan fingerprint density at radius 2 is 1.94 bits per heavy atom. The van der Waals surface area contributed by atoms with Crippen molar-refractivity contribution in [2.75, 3.05) is 7.11 Å². The quantitative estimate of drug-likeness (QED) is 0.847. The average molecular weight is 253 g/mol. The second-order valence-electron chi connectivity index (χ2n) is 6.35. The van der Waals surface area contributed by atoms with Gasteiger partial charge < -0.3 is 14.6 Å². The first kappa shape index (κ1) is 15.2. The van der Waals surface area contributed by atoms with E-state index in [2.05, 4.69) is 49.5 Å². The number of aryl methyl sites for hydroxylation is 1. The molecule has 1 N–H and O–H groups in total. The average Bonchev–Trinajstić information content (AvgIpc) is 2.70. The number of imidazole rings is 1. The van der Waals surface area contributed by atoms with Crippen LogP contribution in [0.3, 0.4) is 0 Å². The lowest BCUT2D eigenvalue weighted by atomic mass is 10.1. The summed E-state index contributed by atoms with van der Waals surface area (Å²) in [7, 11) is 1.76. The molecule has 0 unspecified atom stereocenters. The van der Waals surface area contributed by atoms with Crippen molar-refractivity contribution in [2.24, 2.45) is 0 Å². The van der Waals surface area contributed by atoms with Gasteiger partial charge in [-0.1, -0.05) is 0 Å². The van der Waals surface area contributed by atoms with Crippen molar-refractivity contribution < 1.29 is 4.74 Å². The summed E-state index contributed by atoms with van der Waals surface area (Å²) in [6.45, 7) is 12.4. The molecule has 1 aromatic heterocycles. The second-order valence-corrected chi connectivity index (χ2v) is 6.35. The Bertz CT molecular complexity index is 363. The Balaban J connectivity index is 2.55.